The van der Waals surface area contributed by atoms with Crippen molar-refractivity contribution in [3.05, 3.63) is 65.2 Å². The number of benzene rings is 2. The van der Waals surface area contributed by atoms with E-state index in [9.17, 15) is 9.59 Å². The standard InChI is InChI=1S/C29H37N3O4/c1-2-18-35-28(33)11-12-30-14-16-31(17-15-30)24-8-9-25-23-10-13-32(27(19-23)26(25)20-24)29(34)36-21-22-6-4-3-5-7-22/h3-9,20,23,27H,2,10-19,21H2,1H3/t23?,27-/m1/s1. The minimum Gasteiger partial charge on any atom is -0.466 e. The maximum atomic E-state index is 13.0. The summed E-state index contributed by atoms with van der Waals surface area (Å²) in [6.45, 7) is 8.04. The van der Waals surface area contributed by atoms with Crippen molar-refractivity contribution >= 4 is 17.7 Å². The first-order chi connectivity index (χ1) is 17.6. The van der Waals surface area contributed by atoms with E-state index in [1.807, 2.05) is 42.2 Å². The van der Waals surface area contributed by atoms with Crippen LogP contribution in [0.5, 0.6) is 0 Å². The lowest BCUT2D eigenvalue weighted by Crippen LogP contribution is -2.47. The van der Waals surface area contributed by atoms with Crippen molar-refractivity contribution in [1.29, 1.82) is 0 Å². The molecule has 3 aliphatic rings. The molecule has 2 saturated heterocycles. The number of amides is 1. The molecular formula is C29H37N3O4. The number of hydrogen-bond acceptors (Lipinski definition) is 6. The van der Waals surface area contributed by atoms with E-state index in [1.54, 1.807) is 0 Å². The van der Waals surface area contributed by atoms with E-state index in [0.717, 1.165) is 64.1 Å². The molecule has 2 atom stereocenters. The van der Waals surface area contributed by atoms with Crippen molar-refractivity contribution in [1.82, 2.24) is 9.80 Å². The molecule has 2 aliphatic heterocycles. The maximum absolute atomic E-state index is 13.0. The molecule has 0 N–H and O–H groups in total. The van der Waals surface area contributed by atoms with E-state index < -0.39 is 0 Å². The Labute approximate surface area is 214 Å². The van der Waals surface area contributed by atoms with Gasteiger partial charge in [-0.3, -0.25) is 9.69 Å². The quantitative estimate of drug-likeness (QED) is 0.498. The number of nitrogens with zero attached hydrogens (tertiary/aromatic N) is 3. The average molecular weight is 492 g/mol. The van der Waals surface area contributed by atoms with E-state index in [2.05, 4.69) is 28.0 Å². The highest BCUT2D eigenvalue weighted by Crippen LogP contribution is 2.50. The third-order valence-corrected chi connectivity index (χ3v) is 7.75. The lowest BCUT2D eigenvalue weighted by atomic mass is 9.96. The molecule has 7 nitrogen and oxygen atoms in total. The van der Waals surface area contributed by atoms with E-state index in [-0.39, 0.29) is 18.1 Å². The van der Waals surface area contributed by atoms with Crippen LogP contribution in [0, 0.1) is 0 Å². The van der Waals surface area contributed by atoms with Gasteiger partial charge in [0.15, 0.2) is 0 Å². The molecule has 0 aromatic heterocycles. The van der Waals surface area contributed by atoms with Gasteiger partial charge in [-0.15, -0.1) is 0 Å². The minimum absolute atomic E-state index is 0.0948. The van der Waals surface area contributed by atoms with Crippen molar-refractivity contribution < 1.29 is 19.1 Å². The summed E-state index contributed by atoms with van der Waals surface area (Å²) in [7, 11) is 0. The van der Waals surface area contributed by atoms with E-state index in [1.165, 1.54) is 16.8 Å². The molecule has 0 spiro atoms. The van der Waals surface area contributed by atoms with Gasteiger partial charge in [-0.1, -0.05) is 43.3 Å². The normalized spacial score (nSPS) is 21.2. The van der Waals surface area contributed by atoms with Crippen LogP contribution in [0.3, 0.4) is 0 Å². The number of carbonyl (C=O) groups is 2. The number of hydrogen-bond donors (Lipinski definition) is 0. The van der Waals surface area contributed by atoms with Gasteiger partial charge >= 0.3 is 12.1 Å². The van der Waals surface area contributed by atoms with Crippen LogP contribution >= 0.6 is 0 Å². The van der Waals surface area contributed by atoms with Gasteiger partial charge in [0.05, 0.1) is 19.1 Å². The van der Waals surface area contributed by atoms with Gasteiger partial charge in [-0.25, -0.2) is 4.79 Å². The van der Waals surface area contributed by atoms with Gasteiger partial charge in [-0.2, -0.15) is 0 Å². The second kappa shape index (κ2) is 11.3. The number of likely N-dealkylation sites (tertiary alicyclic amines) is 1. The van der Waals surface area contributed by atoms with Gasteiger partial charge < -0.3 is 19.3 Å². The molecule has 1 unspecified atom stereocenters. The Morgan fingerprint density at radius 1 is 0.944 bits per heavy atom. The van der Waals surface area contributed by atoms with Gasteiger partial charge in [-0.05, 0) is 54.0 Å². The molecule has 36 heavy (non-hydrogen) atoms. The lowest BCUT2D eigenvalue weighted by Gasteiger charge is -2.36. The molecule has 192 valence electrons. The SMILES string of the molecule is CCCOC(=O)CCN1CCN(c2ccc3c(c2)[C@H]2CC3CCN2C(=O)OCc2ccccc2)CC1. The molecule has 2 bridgehead atoms. The number of piperazine rings is 1. The Morgan fingerprint density at radius 2 is 1.75 bits per heavy atom. The fraction of sp³-hybridized carbons (Fsp3) is 0.517. The highest BCUT2D eigenvalue weighted by Gasteiger charge is 2.41. The molecule has 2 aromatic carbocycles. The molecule has 0 saturated carbocycles. The first-order valence-corrected chi connectivity index (χ1v) is 13.4. The summed E-state index contributed by atoms with van der Waals surface area (Å²) in [6, 6.07) is 16.8. The molecule has 5 rings (SSSR count). The number of esters is 1. The Bertz CT molecular complexity index is 1050. The predicted molar refractivity (Wildman–Crippen MR) is 139 cm³/mol. The highest BCUT2D eigenvalue weighted by molar-refractivity contribution is 5.70. The van der Waals surface area contributed by atoms with Crippen molar-refractivity contribution in [2.75, 3.05) is 50.8 Å². The zero-order valence-electron chi connectivity index (χ0n) is 21.2. The van der Waals surface area contributed by atoms with Crippen LogP contribution in [-0.2, 0) is 20.9 Å². The molecule has 2 fully saturated rings. The van der Waals surface area contributed by atoms with Crippen LogP contribution in [0.4, 0.5) is 10.5 Å². The van der Waals surface area contributed by atoms with Gasteiger partial charge in [0.1, 0.15) is 6.61 Å². The lowest BCUT2D eigenvalue weighted by molar-refractivity contribution is -0.144. The third kappa shape index (κ3) is 5.51. The molecule has 2 heterocycles. The number of rotatable bonds is 8. The second-order valence-corrected chi connectivity index (χ2v) is 10.1. The molecule has 1 aliphatic carbocycles. The average Bonchev–Trinajstić information content (AvgIpc) is 3.21. The summed E-state index contributed by atoms with van der Waals surface area (Å²) in [4.78, 5) is 31.5. The number of ether oxygens (including phenoxy) is 2. The zero-order valence-corrected chi connectivity index (χ0v) is 21.2. The van der Waals surface area contributed by atoms with Crippen molar-refractivity contribution in [2.24, 2.45) is 0 Å². The number of carbonyl (C=O) groups excluding carboxylic acids is 2. The number of fused-ring (bicyclic) bond motifs is 5. The summed E-state index contributed by atoms with van der Waals surface area (Å²) in [5.41, 5.74) is 4.91. The van der Waals surface area contributed by atoms with E-state index in [4.69, 9.17) is 9.47 Å². The fourth-order valence-electron chi connectivity index (χ4n) is 5.75. The Balaban J connectivity index is 1.18. The van der Waals surface area contributed by atoms with Crippen molar-refractivity contribution in [3.63, 3.8) is 0 Å². The Morgan fingerprint density at radius 3 is 2.53 bits per heavy atom. The van der Waals surface area contributed by atoms with E-state index >= 15 is 0 Å². The molecule has 7 heteroatoms. The van der Waals surface area contributed by atoms with Crippen LogP contribution in [0.1, 0.15) is 61.3 Å². The number of anilines is 1. The number of piperidine rings is 1. The van der Waals surface area contributed by atoms with Crippen LogP contribution in [-0.4, -0.2) is 67.7 Å². The summed E-state index contributed by atoms with van der Waals surface area (Å²) in [5.74, 6) is 0.428. The molecule has 0 radical (unpaired) electrons. The maximum Gasteiger partial charge on any atom is 0.410 e. The Kier molecular flexibility index (Phi) is 7.75. The summed E-state index contributed by atoms with van der Waals surface area (Å²) >= 11 is 0. The van der Waals surface area contributed by atoms with Crippen LogP contribution in [0.15, 0.2) is 48.5 Å². The first-order valence-electron chi connectivity index (χ1n) is 13.4. The molecule has 2 aromatic rings. The smallest absolute Gasteiger partial charge is 0.410 e. The van der Waals surface area contributed by atoms with Crippen molar-refractivity contribution in [3.8, 4) is 0 Å². The molecular weight excluding hydrogens is 454 g/mol. The van der Waals surface area contributed by atoms with Gasteiger partial charge in [0.2, 0.25) is 0 Å². The largest absolute Gasteiger partial charge is 0.466 e. The highest BCUT2D eigenvalue weighted by atomic mass is 16.6. The third-order valence-electron chi connectivity index (χ3n) is 7.75. The van der Waals surface area contributed by atoms with Gasteiger partial charge in [0.25, 0.3) is 0 Å². The first kappa shape index (κ1) is 24.6. The second-order valence-electron chi connectivity index (χ2n) is 10.1. The fourth-order valence-corrected chi connectivity index (χ4v) is 5.75. The summed E-state index contributed by atoms with van der Waals surface area (Å²) < 4.78 is 10.9. The van der Waals surface area contributed by atoms with Crippen LogP contribution in [0.25, 0.3) is 0 Å². The minimum atomic E-state index is -0.216. The van der Waals surface area contributed by atoms with Crippen LogP contribution in [0.2, 0.25) is 0 Å². The van der Waals surface area contributed by atoms with Gasteiger partial charge in [0, 0.05) is 45.0 Å². The Hall–Kier alpha value is -3.06. The summed E-state index contributed by atoms with van der Waals surface area (Å²) in [5, 5.41) is 0. The van der Waals surface area contributed by atoms with Crippen molar-refractivity contribution in [2.45, 2.75) is 51.2 Å². The predicted octanol–water partition coefficient (Wildman–Crippen LogP) is 4.72. The van der Waals surface area contributed by atoms with E-state index in [0.29, 0.717) is 25.6 Å². The van der Waals surface area contributed by atoms with Crippen LogP contribution < -0.4 is 4.90 Å². The summed E-state index contributed by atoms with van der Waals surface area (Å²) in [6.07, 6.45) is 3.08. The monoisotopic (exact) mass is 491 g/mol. The zero-order chi connectivity index (χ0) is 24.9. The molecule has 1 amide bonds. The topological polar surface area (TPSA) is 62.3 Å².